The summed E-state index contributed by atoms with van der Waals surface area (Å²) in [6.07, 6.45) is 0. The van der Waals surface area contributed by atoms with E-state index in [1.165, 1.54) is 19.2 Å². The van der Waals surface area contributed by atoms with Crippen LogP contribution in [0.4, 0.5) is 0 Å². The topological polar surface area (TPSA) is 102 Å². The molecule has 0 spiro atoms. The van der Waals surface area contributed by atoms with Gasteiger partial charge in [-0.05, 0) is 37.3 Å². The quantitative estimate of drug-likeness (QED) is 0.171. The minimum absolute atomic E-state index is 0.0526. The van der Waals surface area contributed by atoms with Gasteiger partial charge in [-0.1, -0.05) is 36.4 Å². The molecule has 3 aromatic carbocycles. The summed E-state index contributed by atoms with van der Waals surface area (Å²) < 4.78 is 16.6. The van der Waals surface area contributed by atoms with Crippen LogP contribution in [0, 0.1) is 5.21 Å². The summed E-state index contributed by atoms with van der Waals surface area (Å²) >= 11 is 0. The second-order valence-corrected chi connectivity index (χ2v) is 7.29. The molecule has 172 valence electrons. The first-order valence-electron chi connectivity index (χ1n) is 10.6. The lowest BCUT2D eigenvalue weighted by Gasteiger charge is -2.13. The fourth-order valence-electron chi connectivity index (χ4n) is 3.47. The lowest BCUT2D eigenvalue weighted by Crippen LogP contribution is -2.38. The molecular formula is C26H22N2O6. The molecule has 1 aromatic heterocycles. The molecule has 0 unspecified atom stereocenters. The first-order valence-corrected chi connectivity index (χ1v) is 10.6. The van der Waals surface area contributed by atoms with Gasteiger partial charge in [0.1, 0.15) is 23.6 Å². The molecule has 0 aliphatic rings. The van der Waals surface area contributed by atoms with E-state index >= 15 is 0 Å². The Labute approximate surface area is 195 Å². The molecule has 0 saturated heterocycles. The molecule has 0 saturated carbocycles. The molecule has 0 radical (unpaired) electrons. The highest BCUT2D eigenvalue weighted by molar-refractivity contribution is 6.07. The van der Waals surface area contributed by atoms with E-state index in [1.54, 1.807) is 60.7 Å². The van der Waals surface area contributed by atoms with E-state index in [-0.39, 0.29) is 29.1 Å². The molecule has 0 bridgehead atoms. The Morgan fingerprint density at radius 1 is 0.941 bits per heavy atom. The maximum absolute atomic E-state index is 13.4. The van der Waals surface area contributed by atoms with Gasteiger partial charge in [-0.15, -0.1) is 0 Å². The third-order valence-corrected chi connectivity index (χ3v) is 5.11. The second-order valence-electron chi connectivity index (χ2n) is 7.29. The van der Waals surface area contributed by atoms with E-state index in [0.717, 1.165) is 0 Å². The summed E-state index contributed by atoms with van der Waals surface area (Å²) in [6.45, 7) is 1.89. The largest absolute Gasteiger partial charge is 0.618 e. The van der Waals surface area contributed by atoms with Gasteiger partial charge in [-0.2, -0.15) is 4.73 Å². The summed E-state index contributed by atoms with van der Waals surface area (Å²) in [5, 5.41) is 13.4. The highest BCUT2D eigenvalue weighted by Gasteiger charge is 2.28. The van der Waals surface area contributed by atoms with Crippen molar-refractivity contribution in [1.29, 1.82) is 0 Å². The van der Waals surface area contributed by atoms with Crippen molar-refractivity contribution in [3.8, 4) is 11.5 Å². The minimum Gasteiger partial charge on any atom is -0.618 e. The number of nitrogens with zero attached hydrogens (tertiary/aromatic N) is 2. The van der Waals surface area contributed by atoms with Gasteiger partial charge in [0.25, 0.3) is 11.5 Å². The van der Waals surface area contributed by atoms with E-state index < -0.39 is 11.8 Å². The van der Waals surface area contributed by atoms with Gasteiger partial charge in [0, 0.05) is 5.56 Å². The number of ketones is 1. The molecule has 0 aliphatic heterocycles. The lowest BCUT2D eigenvalue weighted by atomic mass is 10.1. The zero-order valence-corrected chi connectivity index (χ0v) is 18.7. The van der Waals surface area contributed by atoms with Crippen LogP contribution in [-0.2, 0) is 11.3 Å². The monoisotopic (exact) mass is 458 g/mol. The molecular weight excluding hydrogens is 436 g/mol. The van der Waals surface area contributed by atoms with Crippen molar-refractivity contribution >= 4 is 22.8 Å². The van der Waals surface area contributed by atoms with Crippen LogP contribution in [0.1, 0.15) is 39.0 Å². The fraction of sp³-hybridized carbons (Fsp3) is 0.154. The highest BCUT2D eigenvalue weighted by Crippen LogP contribution is 2.21. The SMILES string of the molecule is CCOc1ccc2nc(COC(=O)c3cccc(OC)c3)c(C(=O)c3ccccc3)[n+]([O-])c2c1. The Morgan fingerprint density at radius 2 is 1.71 bits per heavy atom. The summed E-state index contributed by atoms with van der Waals surface area (Å²) in [5.41, 5.74) is 0.938. The maximum Gasteiger partial charge on any atom is 0.338 e. The predicted molar refractivity (Wildman–Crippen MR) is 124 cm³/mol. The molecule has 0 aliphatic carbocycles. The van der Waals surface area contributed by atoms with Gasteiger partial charge >= 0.3 is 5.97 Å². The predicted octanol–water partition coefficient (Wildman–Crippen LogP) is 3.86. The number of carbonyl (C=O) groups is 2. The van der Waals surface area contributed by atoms with Crippen molar-refractivity contribution in [2.24, 2.45) is 0 Å². The summed E-state index contributed by atoms with van der Waals surface area (Å²) in [5.74, 6) is -0.181. The number of carbonyl (C=O) groups excluding carboxylic acids is 2. The number of hydrogen-bond acceptors (Lipinski definition) is 7. The highest BCUT2D eigenvalue weighted by atomic mass is 16.5. The molecule has 0 N–H and O–H groups in total. The summed E-state index contributed by atoms with van der Waals surface area (Å²) in [6, 6.07) is 19.7. The van der Waals surface area contributed by atoms with Crippen LogP contribution in [-0.4, -0.2) is 30.5 Å². The van der Waals surface area contributed by atoms with Crippen LogP contribution in [0.25, 0.3) is 11.0 Å². The molecule has 0 fully saturated rings. The Hall–Kier alpha value is -4.46. The molecule has 0 amide bonds. The van der Waals surface area contributed by atoms with E-state index in [4.69, 9.17) is 14.2 Å². The van der Waals surface area contributed by atoms with Crippen molar-refractivity contribution in [3.63, 3.8) is 0 Å². The zero-order chi connectivity index (χ0) is 24.1. The Kier molecular flexibility index (Phi) is 6.68. The molecule has 8 nitrogen and oxygen atoms in total. The third-order valence-electron chi connectivity index (χ3n) is 5.11. The van der Waals surface area contributed by atoms with Gasteiger partial charge in [0.2, 0.25) is 5.52 Å². The standard InChI is InChI=1S/C26H22N2O6/c1-3-33-20-12-13-21-23(15-20)28(31)24(25(29)17-8-5-4-6-9-17)22(27-21)16-34-26(30)18-10-7-11-19(14-18)32-2/h4-15H,3,16H2,1-2H3. The molecule has 1 heterocycles. The third kappa shape index (κ3) is 4.66. The van der Waals surface area contributed by atoms with Crippen LogP contribution in [0.15, 0.2) is 72.8 Å². The number of hydrogen-bond donors (Lipinski definition) is 0. The smallest absolute Gasteiger partial charge is 0.338 e. The Bertz CT molecular complexity index is 1350. The Morgan fingerprint density at radius 3 is 2.44 bits per heavy atom. The maximum atomic E-state index is 13.4. The lowest BCUT2D eigenvalue weighted by molar-refractivity contribution is -0.580. The average Bonchev–Trinajstić information content (AvgIpc) is 2.88. The number of methoxy groups -OCH3 is 1. The van der Waals surface area contributed by atoms with E-state index in [9.17, 15) is 14.8 Å². The van der Waals surface area contributed by atoms with Crippen LogP contribution in [0.3, 0.4) is 0 Å². The van der Waals surface area contributed by atoms with E-state index in [0.29, 0.717) is 33.9 Å². The van der Waals surface area contributed by atoms with Crippen LogP contribution < -0.4 is 14.2 Å². The Balaban J connectivity index is 1.75. The summed E-state index contributed by atoms with van der Waals surface area (Å²) in [7, 11) is 1.49. The summed E-state index contributed by atoms with van der Waals surface area (Å²) in [4.78, 5) is 30.4. The van der Waals surface area contributed by atoms with Crippen LogP contribution in [0.5, 0.6) is 11.5 Å². The van der Waals surface area contributed by atoms with Crippen molar-refractivity contribution in [3.05, 3.63) is 101 Å². The molecule has 34 heavy (non-hydrogen) atoms. The fourth-order valence-corrected chi connectivity index (χ4v) is 3.47. The van der Waals surface area contributed by atoms with Crippen molar-refractivity contribution in [1.82, 2.24) is 4.98 Å². The molecule has 4 aromatic rings. The van der Waals surface area contributed by atoms with Crippen molar-refractivity contribution in [2.75, 3.05) is 13.7 Å². The van der Waals surface area contributed by atoms with E-state index in [1.807, 2.05) is 6.92 Å². The van der Waals surface area contributed by atoms with Crippen LogP contribution >= 0.6 is 0 Å². The normalized spacial score (nSPS) is 10.6. The zero-order valence-electron chi connectivity index (χ0n) is 18.7. The van der Waals surface area contributed by atoms with Crippen molar-refractivity contribution in [2.45, 2.75) is 13.5 Å². The first kappa shape index (κ1) is 22.7. The van der Waals surface area contributed by atoms with Crippen molar-refractivity contribution < 1.29 is 28.5 Å². The number of aromatic nitrogens is 2. The average molecular weight is 458 g/mol. The van der Waals surface area contributed by atoms with Gasteiger partial charge < -0.3 is 19.4 Å². The molecule has 0 atom stereocenters. The number of ether oxygens (including phenoxy) is 3. The second kappa shape index (κ2) is 9.99. The molecule has 4 rings (SSSR count). The number of fused-ring (bicyclic) bond motifs is 1. The number of esters is 1. The number of benzene rings is 3. The number of rotatable bonds is 8. The van der Waals surface area contributed by atoms with Gasteiger partial charge in [0.15, 0.2) is 5.69 Å². The first-order chi connectivity index (χ1) is 16.5. The van der Waals surface area contributed by atoms with Gasteiger partial charge in [-0.3, -0.25) is 4.79 Å². The van der Waals surface area contributed by atoms with Gasteiger partial charge in [0.05, 0.1) is 25.3 Å². The van der Waals surface area contributed by atoms with E-state index in [2.05, 4.69) is 4.98 Å². The van der Waals surface area contributed by atoms with Crippen LogP contribution in [0.2, 0.25) is 0 Å². The minimum atomic E-state index is -0.636. The molecule has 8 heteroatoms. The van der Waals surface area contributed by atoms with Gasteiger partial charge in [-0.25, -0.2) is 9.78 Å².